The first kappa shape index (κ1) is 20.7. The Morgan fingerprint density at radius 3 is 2.55 bits per heavy atom. The van der Waals surface area contributed by atoms with Crippen LogP contribution >= 0.6 is 0 Å². The van der Waals surface area contributed by atoms with Gasteiger partial charge in [0.25, 0.3) is 0 Å². The molecule has 0 fully saturated rings. The minimum absolute atomic E-state index is 0.173. The van der Waals surface area contributed by atoms with Crippen molar-refractivity contribution in [2.24, 2.45) is 0 Å². The highest BCUT2D eigenvalue weighted by molar-refractivity contribution is 7.90. The van der Waals surface area contributed by atoms with Gasteiger partial charge in [-0.15, -0.1) is 0 Å². The summed E-state index contributed by atoms with van der Waals surface area (Å²) in [7, 11) is -2.93. The Bertz CT molecular complexity index is 1090. The van der Waals surface area contributed by atoms with E-state index in [2.05, 4.69) is 25.6 Å². The van der Waals surface area contributed by atoms with Crippen LogP contribution < -0.4 is 10.6 Å². The maximum Gasteiger partial charge on any atom is 0.320 e. The molecule has 0 aliphatic carbocycles. The van der Waals surface area contributed by atoms with Gasteiger partial charge >= 0.3 is 6.03 Å². The van der Waals surface area contributed by atoms with E-state index in [1.165, 1.54) is 6.26 Å². The third-order valence-corrected chi connectivity index (χ3v) is 5.23. The summed E-state index contributed by atoms with van der Waals surface area (Å²) in [6.07, 6.45) is 4.96. The van der Waals surface area contributed by atoms with E-state index in [0.717, 1.165) is 12.0 Å². The van der Waals surface area contributed by atoms with E-state index in [-0.39, 0.29) is 11.8 Å². The summed E-state index contributed by atoms with van der Waals surface area (Å²) >= 11 is 0. The maximum absolute atomic E-state index is 12.0. The molecule has 0 aliphatic rings. The summed E-state index contributed by atoms with van der Waals surface area (Å²) in [5, 5.41) is 5.42. The van der Waals surface area contributed by atoms with E-state index < -0.39 is 9.84 Å². The highest BCUT2D eigenvalue weighted by atomic mass is 32.2. The molecule has 2 N–H and O–H groups in total. The number of nitrogens with zero attached hydrogens (tertiary/aromatic N) is 3. The number of hydrogen-bond donors (Lipinski definition) is 2. The molecule has 29 heavy (non-hydrogen) atoms. The van der Waals surface area contributed by atoms with Crippen molar-refractivity contribution >= 4 is 32.9 Å². The van der Waals surface area contributed by atoms with Gasteiger partial charge in [0.05, 0.1) is 11.9 Å². The Hall–Kier alpha value is -3.07. The number of benzene rings is 1. The number of hydrogen-bond acceptors (Lipinski definition) is 6. The maximum atomic E-state index is 12.0. The van der Waals surface area contributed by atoms with Crippen LogP contribution in [0, 0.1) is 0 Å². The second-order valence-electron chi connectivity index (χ2n) is 6.73. The summed E-state index contributed by atoms with van der Waals surface area (Å²) in [4.78, 5) is 25.3. The fourth-order valence-corrected chi connectivity index (χ4v) is 3.47. The first-order chi connectivity index (χ1) is 13.9. The van der Waals surface area contributed by atoms with Crippen molar-refractivity contribution < 1.29 is 13.2 Å². The van der Waals surface area contributed by atoms with Crippen LogP contribution in [0.2, 0.25) is 0 Å². The van der Waals surface area contributed by atoms with Gasteiger partial charge in [-0.25, -0.2) is 23.2 Å². The van der Waals surface area contributed by atoms with E-state index in [1.54, 1.807) is 18.3 Å². The first-order valence-electron chi connectivity index (χ1n) is 9.32. The van der Waals surface area contributed by atoms with Crippen molar-refractivity contribution in [3.63, 3.8) is 0 Å². The molecule has 0 saturated carbocycles. The number of sulfone groups is 1. The van der Waals surface area contributed by atoms with Crippen LogP contribution in [0.25, 0.3) is 22.4 Å². The molecule has 2 aromatic heterocycles. The van der Waals surface area contributed by atoms with E-state index in [4.69, 9.17) is 0 Å². The normalized spacial score (nSPS) is 11.3. The summed E-state index contributed by atoms with van der Waals surface area (Å²) < 4.78 is 22.1. The number of aromatic nitrogens is 3. The van der Waals surface area contributed by atoms with Gasteiger partial charge in [-0.2, -0.15) is 0 Å². The monoisotopic (exact) mass is 413 g/mol. The molecular weight excluding hydrogens is 390 g/mol. The first-order valence-corrected chi connectivity index (χ1v) is 11.4. The number of pyridine rings is 1. The zero-order chi connectivity index (χ0) is 20.7. The SMILES string of the molecule is CS(=O)(=O)CCCCCNC(=O)Nc1ccc2ncc(-c3ccccc3)nc2n1. The standard InChI is InChI=1S/C20H23N5O3S/c1-29(27,28)13-7-3-6-12-21-20(26)25-18-11-10-16-19(24-18)23-17(14-22-16)15-8-4-2-5-9-15/h2,4-5,8-11,14H,3,6-7,12-13H2,1H3,(H2,21,23,24,25,26). The van der Waals surface area contributed by atoms with Gasteiger partial charge in [0.15, 0.2) is 5.65 Å². The molecule has 2 amide bonds. The molecule has 1 aromatic carbocycles. The number of rotatable bonds is 8. The molecule has 0 spiro atoms. The average molecular weight is 414 g/mol. The largest absolute Gasteiger partial charge is 0.338 e. The molecule has 2 heterocycles. The Labute approximate surface area is 169 Å². The molecular formula is C20H23N5O3S. The molecule has 3 rings (SSSR count). The van der Waals surface area contributed by atoms with Crippen LogP contribution in [0.1, 0.15) is 19.3 Å². The summed E-state index contributed by atoms with van der Waals surface area (Å²) in [5.74, 6) is 0.554. The van der Waals surface area contributed by atoms with Crippen LogP contribution in [-0.2, 0) is 9.84 Å². The van der Waals surface area contributed by atoms with Gasteiger partial charge in [0.1, 0.15) is 21.2 Å². The molecule has 0 saturated heterocycles. The van der Waals surface area contributed by atoms with Crippen molar-refractivity contribution in [1.82, 2.24) is 20.3 Å². The zero-order valence-corrected chi connectivity index (χ0v) is 16.9. The minimum atomic E-state index is -2.93. The van der Waals surface area contributed by atoms with Crippen LogP contribution in [-0.4, -0.2) is 48.0 Å². The van der Waals surface area contributed by atoms with Gasteiger partial charge in [0.2, 0.25) is 0 Å². The lowest BCUT2D eigenvalue weighted by molar-refractivity contribution is 0.252. The van der Waals surface area contributed by atoms with Gasteiger partial charge in [0, 0.05) is 24.1 Å². The molecule has 8 nitrogen and oxygen atoms in total. The summed E-state index contributed by atoms with van der Waals surface area (Å²) in [6, 6.07) is 12.7. The Morgan fingerprint density at radius 1 is 1.00 bits per heavy atom. The number of carbonyl (C=O) groups is 1. The number of amides is 2. The highest BCUT2D eigenvalue weighted by Crippen LogP contribution is 2.19. The number of anilines is 1. The molecule has 0 atom stereocenters. The fourth-order valence-electron chi connectivity index (χ4n) is 2.74. The van der Waals surface area contributed by atoms with Crippen molar-refractivity contribution in [3.05, 3.63) is 48.7 Å². The third kappa shape index (κ3) is 6.49. The quantitative estimate of drug-likeness (QED) is 0.549. The Balaban J connectivity index is 1.55. The van der Waals surface area contributed by atoms with E-state index in [1.807, 2.05) is 30.3 Å². The van der Waals surface area contributed by atoms with Crippen LogP contribution in [0.3, 0.4) is 0 Å². The molecule has 3 aromatic rings. The highest BCUT2D eigenvalue weighted by Gasteiger charge is 2.07. The smallest absolute Gasteiger partial charge is 0.320 e. The lowest BCUT2D eigenvalue weighted by atomic mass is 10.2. The van der Waals surface area contributed by atoms with Crippen LogP contribution in [0.5, 0.6) is 0 Å². The summed E-state index contributed by atoms with van der Waals surface area (Å²) in [6.45, 7) is 0.459. The third-order valence-electron chi connectivity index (χ3n) is 4.20. The van der Waals surface area contributed by atoms with Crippen molar-refractivity contribution in [2.75, 3.05) is 23.9 Å². The Morgan fingerprint density at radius 2 is 1.79 bits per heavy atom. The van der Waals surface area contributed by atoms with Crippen molar-refractivity contribution in [1.29, 1.82) is 0 Å². The average Bonchev–Trinajstić information content (AvgIpc) is 2.70. The Kier molecular flexibility index (Phi) is 6.71. The molecule has 0 aliphatic heterocycles. The second kappa shape index (κ2) is 9.42. The molecule has 0 bridgehead atoms. The predicted molar refractivity (Wildman–Crippen MR) is 113 cm³/mol. The lowest BCUT2D eigenvalue weighted by Crippen LogP contribution is -2.29. The fraction of sp³-hybridized carbons (Fsp3) is 0.300. The molecule has 0 unspecified atom stereocenters. The van der Waals surface area contributed by atoms with E-state index in [0.29, 0.717) is 42.1 Å². The summed E-state index contributed by atoms with van der Waals surface area (Å²) in [5.41, 5.74) is 2.74. The second-order valence-corrected chi connectivity index (χ2v) is 8.99. The van der Waals surface area contributed by atoms with Crippen LogP contribution in [0.4, 0.5) is 10.6 Å². The van der Waals surface area contributed by atoms with Gasteiger partial charge in [-0.05, 0) is 25.0 Å². The van der Waals surface area contributed by atoms with Gasteiger partial charge in [-0.3, -0.25) is 10.3 Å². The van der Waals surface area contributed by atoms with Crippen molar-refractivity contribution in [2.45, 2.75) is 19.3 Å². The van der Waals surface area contributed by atoms with E-state index >= 15 is 0 Å². The molecule has 152 valence electrons. The number of nitrogens with one attached hydrogen (secondary N) is 2. The topological polar surface area (TPSA) is 114 Å². The van der Waals surface area contributed by atoms with Gasteiger partial charge < -0.3 is 5.32 Å². The lowest BCUT2D eigenvalue weighted by Gasteiger charge is -2.08. The van der Waals surface area contributed by atoms with Crippen molar-refractivity contribution in [3.8, 4) is 11.3 Å². The number of unbranched alkanes of at least 4 members (excludes halogenated alkanes) is 2. The predicted octanol–water partition coefficient (Wildman–Crippen LogP) is 3.03. The number of urea groups is 1. The van der Waals surface area contributed by atoms with E-state index in [9.17, 15) is 13.2 Å². The van der Waals surface area contributed by atoms with Crippen LogP contribution in [0.15, 0.2) is 48.7 Å². The molecule has 9 heteroatoms. The van der Waals surface area contributed by atoms with Gasteiger partial charge in [-0.1, -0.05) is 36.8 Å². The minimum Gasteiger partial charge on any atom is -0.338 e. The number of fused-ring (bicyclic) bond motifs is 1. The molecule has 0 radical (unpaired) electrons. The zero-order valence-electron chi connectivity index (χ0n) is 16.1. The number of carbonyl (C=O) groups excluding carboxylic acids is 1.